The monoisotopic (exact) mass is 322 g/mol. The molecule has 0 saturated carbocycles. The molecule has 0 bridgehead atoms. The van der Waals surface area contributed by atoms with Gasteiger partial charge < -0.3 is 5.32 Å². The average molecular weight is 323 g/mol. The minimum Gasteiger partial charge on any atom is -0.355 e. The number of hydrogen-bond acceptors (Lipinski definition) is 3. The summed E-state index contributed by atoms with van der Waals surface area (Å²) in [6.45, 7) is 4.84. The van der Waals surface area contributed by atoms with Crippen LogP contribution in [0.15, 0.2) is 29.6 Å². The molecule has 21 heavy (non-hydrogen) atoms. The second kappa shape index (κ2) is 7.57. The molecule has 2 aromatic rings. The number of benzene rings is 1. The molecular weight excluding hydrogens is 304 g/mol. The van der Waals surface area contributed by atoms with E-state index >= 15 is 0 Å². The van der Waals surface area contributed by atoms with Gasteiger partial charge >= 0.3 is 0 Å². The van der Waals surface area contributed by atoms with E-state index in [0.29, 0.717) is 18.9 Å². The smallest absolute Gasteiger partial charge is 0.226 e. The van der Waals surface area contributed by atoms with Crippen molar-refractivity contribution in [3.63, 3.8) is 0 Å². The van der Waals surface area contributed by atoms with Crippen molar-refractivity contribution in [2.75, 3.05) is 6.54 Å². The number of carbonyl (C=O) groups is 1. The van der Waals surface area contributed by atoms with Crippen LogP contribution in [0.25, 0.3) is 0 Å². The summed E-state index contributed by atoms with van der Waals surface area (Å²) in [6.07, 6.45) is 1.15. The molecule has 0 spiro atoms. The molecule has 112 valence electrons. The molecule has 0 aliphatic carbocycles. The van der Waals surface area contributed by atoms with Crippen molar-refractivity contribution in [2.24, 2.45) is 0 Å². The Morgan fingerprint density at radius 2 is 2.05 bits per heavy atom. The van der Waals surface area contributed by atoms with E-state index in [-0.39, 0.29) is 5.91 Å². The van der Waals surface area contributed by atoms with Gasteiger partial charge in [0.2, 0.25) is 5.91 Å². The van der Waals surface area contributed by atoms with Crippen molar-refractivity contribution in [1.29, 1.82) is 0 Å². The van der Waals surface area contributed by atoms with E-state index in [4.69, 9.17) is 11.6 Å². The van der Waals surface area contributed by atoms with Gasteiger partial charge in [0.25, 0.3) is 0 Å². The maximum atomic E-state index is 11.9. The fourth-order valence-electron chi connectivity index (χ4n) is 1.89. The molecule has 1 heterocycles. The van der Waals surface area contributed by atoms with Gasteiger partial charge in [-0.1, -0.05) is 37.6 Å². The van der Waals surface area contributed by atoms with Crippen molar-refractivity contribution in [3.05, 3.63) is 50.9 Å². The Morgan fingerprint density at radius 1 is 1.33 bits per heavy atom. The van der Waals surface area contributed by atoms with Gasteiger partial charge in [-0.15, -0.1) is 11.3 Å². The maximum Gasteiger partial charge on any atom is 0.226 e. The fourth-order valence-corrected chi connectivity index (χ4v) is 2.85. The zero-order valence-electron chi connectivity index (χ0n) is 12.2. The Balaban J connectivity index is 1.75. The van der Waals surface area contributed by atoms with Crippen molar-refractivity contribution in [3.8, 4) is 0 Å². The van der Waals surface area contributed by atoms with Crippen LogP contribution in [0.3, 0.4) is 0 Å². The van der Waals surface area contributed by atoms with Crippen LogP contribution >= 0.6 is 22.9 Å². The molecule has 0 aliphatic heterocycles. The SMILES string of the molecule is CC(C)c1nc(CC(=O)NCCc2ccc(Cl)cc2)cs1. The summed E-state index contributed by atoms with van der Waals surface area (Å²) in [7, 11) is 0. The molecule has 0 fully saturated rings. The highest BCUT2D eigenvalue weighted by molar-refractivity contribution is 7.09. The van der Waals surface area contributed by atoms with E-state index in [1.165, 1.54) is 0 Å². The maximum absolute atomic E-state index is 11.9. The molecule has 0 radical (unpaired) electrons. The molecule has 0 aliphatic rings. The highest BCUT2D eigenvalue weighted by Crippen LogP contribution is 2.19. The van der Waals surface area contributed by atoms with E-state index in [1.54, 1.807) is 11.3 Å². The van der Waals surface area contributed by atoms with Gasteiger partial charge in [-0.2, -0.15) is 0 Å². The van der Waals surface area contributed by atoms with E-state index in [2.05, 4.69) is 24.1 Å². The quantitative estimate of drug-likeness (QED) is 0.878. The molecule has 0 unspecified atom stereocenters. The molecule has 1 aromatic carbocycles. The summed E-state index contributed by atoms with van der Waals surface area (Å²) in [5, 5.41) is 6.70. The highest BCUT2D eigenvalue weighted by atomic mass is 35.5. The molecule has 3 nitrogen and oxygen atoms in total. The van der Waals surface area contributed by atoms with E-state index in [9.17, 15) is 4.79 Å². The summed E-state index contributed by atoms with van der Waals surface area (Å²) < 4.78 is 0. The molecule has 1 amide bonds. The van der Waals surface area contributed by atoms with Crippen molar-refractivity contribution >= 4 is 28.8 Å². The summed E-state index contributed by atoms with van der Waals surface area (Å²) >= 11 is 7.45. The minimum absolute atomic E-state index is 0.0181. The first-order chi connectivity index (χ1) is 10.0. The number of amides is 1. The zero-order chi connectivity index (χ0) is 15.2. The lowest BCUT2D eigenvalue weighted by atomic mass is 10.1. The third-order valence-electron chi connectivity index (χ3n) is 3.05. The molecule has 0 saturated heterocycles. The van der Waals surface area contributed by atoms with E-state index < -0.39 is 0 Å². The Bertz CT molecular complexity index is 593. The van der Waals surface area contributed by atoms with Crippen LogP contribution < -0.4 is 5.32 Å². The first-order valence-corrected chi connectivity index (χ1v) is 8.26. The van der Waals surface area contributed by atoms with Crippen LogP contribution in [-0.2, 0) is 17.6 Å². The second-order valence-electron chi connectivity index (χ2n) is 5.23. The number of halogens is 1. The third-order valence-corrected chi connectivity index (χ3v) is 4.50. The molecule has 0 atom stereocenters. The van der Waals surface area contributed by atoms with Crippen LogP contribution in [-0.4, -0.2) is 17.4 Å². The number of aromatic nitrogens is 1. The van der Waals surface area contributed by atoms with Gasteiger partial charge in [0, 0.05) is 22.9 Å². The predicted octanol–water partition coefficient (Wildman–Crippen LogP) is 3.82. The average Bonchev–Trinajstić information content (AvgIpc) is 2.90. The lowest BCUT2D eigenvalue weighted by Gasteiger charge is -2.04. The lowest BCUT2D eigenvalue weighted by Crippen LogP contribution is -2.27. The predicted molar refractivity (Wildman–Crippen MR) is 88.1 cm³/mol. The van der Waals surface area contributed by atoms with Gasteiger partial charge in [0.05, 0.1) is 17.1 Å². The normalized spacial score (nSPS) is 10.9. The Kier molecular flexibility index (Phi) is 5.76. The number of carbonyl (C=O) groups excluding carboxylic acids is 1. The van der Waals surface area contributed by atoms with Crippen molar-refractivity contribution in [2.45, 2.75) is 32.6 Å². The lowest BCUT2D eigenvalue weighted by molar-refractivity contribution is -0.120. The summed E-state index contributed by atoms with van der Waals surface area (Å²) in [5.41, 5.74) is 2.02. The first-order valence-electron chi connectivity index (χ1n) is 7.00. The number of nitrogens with zero attached hydrogens (tertiary/aromatic N) is 1. The molecule has 1 N–H and O–H groups in total. The van der Waals surface area contributed by atoms with Crippen LogP contribution in [0, 0.1) is 0 Å². The Morgan fingerprint density at radius 3 is 2.67 bits per heavy atom. The summed E-state index contributed by atoms with van der Waals surface area (Å²) in [4.78, 5) is 16.3. The van der Waals surface area contributed by atoms with Crippen molar-refractivity contribution < 1.29 is 4.79 Å². The number of rotatable bonds is 6. The third kappa shape index (κ3) is 5.14. The number of thiazole rings is 1. The van der Waals surface area contributed by atoms with Crippen LogP contribution in [0.1, 0.15) is 36.0 Å². The minimum atomic E-state index is 0.0181. The Labute approximate surface area is 134 Å². The van der Waals surface area contributed by atoms with Crippen LogP contribution in [0.2, 0.25) is 5.02 Å². The molecule has 5 heteroatoms. The summed E-state index contributed by atoms with van der Waals surface area (Å²) in [6, 6.07) is 7.68. The first kappa shape index (κ1) is 16.0. The second-order valence-corrected chi connectivity index (χ2v) is 6.56. The molecular formula is C16H19ClN2OS. The topological polar surface area (TPSA) is 42.0 Å². The number of nitrogens with one attached hydrogen (secondary N) is 1. The van der Waals surface area contributed by atoms with Crippen LogP contribution in [0.5, 0.6) is 0 Å². The van der Waals surface area contributed by atoms with Gasteiger partial charge in [-0.25, -0.2) is 4.98 Å². The van der Waals surface area contributed by atoms with Crippen LogP contribution in [0.4, 0.5) is 0 Å². The highest BCUT2D eigenvalue weighted by Gasteiger charge is 2.09. The van der Waals surface area contributed by atoms with E-state index in [0.717, 1.165) is 27.7 Å². The van der Waals surface area contributed by atoms with Gasteiger partial charge in [0.15, 0.2) is 0 Å². The number of hydrogen-bond donors (Lipinski definition) is 1. The van der Waals surface area contributed by atoms with Gasteiger partial charge in [-0.3, -0.25) is 4.79 Å². The van der Waals surface area contributed by atoms with Gasteiger partial charge in [0.1, 0.15) is 0 Å². The van der Waals surface area contributed by atoms with E-state index in [1.807, 2.05) is 29.6 Å². The standard InChI is InChI=1S/C16H19ClN2OS/c1-11(2)16-19-14(10-21-16)9-15(20)18-8-7-12-3-5-13(17)6-4-12/h3-6,10-11H,7-9H2,1-2H3,(H,18,20). The zero-order valence-corrected chi connectivity index (χ0v) is 13.8. The Hall–Kier alpha value is -1.39. The molecule has 1 aromatic heterocycles. The van der Waals surface area contributed by atoms with Gasteiger partial charge in [-0.05, 0) is 24.1 Å². The summed E-state index contributed by atoms with van der Waals surface area (Å²) in [5.74, 6) is 0.432. The molecule has 2 rings (SSSR count). The largest absolute Gasteiger partial charge is 0.355 e. The van der Waals surface area contributed by atoms with Crippen molar-refractivity contribution in [1.82, 2.24) is 10.3 Å². The fraction of sp³-hybridized carbons (Fsp3) is 0.375.